The number of ketones is 1. The fourth-order valence-electron chi connectivity index (χ4n) is 2.52. The molecule has 1 amide bonds. The lowest BCUT2D eigenvalue weighted by atomic mass is 10.2. The first-order valence-electron chi connectivity index (χ1n) is 8.70. The van der Waals surface area contributed by atoms with E-state index in [1.165, 1.54) is 47.5 Å². The number of hydrogen-bond acceptors (Lipinski definition) is 8. The fourth-order valence-corrected chi connectivity index (χ4v) is 2.72. The molecule has 0 radical (unpaired) electrons. The van der Waals surface area contributed by atoms with Crippen LogP contribution in [-0.4, -0.2) is 46.2 Å². The maximum atomic E-state index is 12.7. The highest BCUT2D eigenvalue weighted by atomic mass is 35.5. The molecule has 30 heavy (non-hydrogen) atoms. The number of hydrogen-bond donors (Lipinski definition) is 1. The van der Waals surface area contributed by atoms with Gasteiger partial charge in [0.2, 0.25) is 6.04 Å². The monoisotopic (exact) mass is 435 g/mol. The van der Waals surface area contributed by atoms with Crippen molar-refractivity contribution in [2.75, 3.05) is 33.8 Å². The number of nitrogens with zero attached hydrogens (tertiary/aromatic N) is 2. The molecule has 0 aromatic heterocycles. The predicted molar refractivity (Wildman–Crippen MR) is 112 cm³/mol. The number of rotatable bonds is 9. The topological polar surface area (TPSA) is 108 Å². The van der Waals surface area contributed by atoms with Gasteiger partial charge in [0.25, 0.3) is 5.91 Å². The summed E-state index contributed by atoms with van der Waals surface area (Å²) < 4.78 is 20.9. The van der Waals surface area contributed by atoms with E-state index in [1.807, 2.05) is 0 Å². The Morgan fingerprint density at radius 2 is 1.47 bits per heavy atom. The van der Waals surface area contributed by atoms with Crippen LogP contribution in [0.5, 0.6) is 23.0 Å². The van der Waals surface area contributed by atoms with Gasteiger partial charge in [-0.1, -0.05) is 11.6 Å². The number of halogens is 1. The zero-order chi connectivity index (χ0) is 22.3. The molecule has 2 aromatic rings. The van der Waals surface area contributed by atoms with Crippen LogP contribution in [0.2, 0.25) is 5.02 Å². The Morgan fingerprint density at radius 1 is 0.900 bits per heavy atom. The largest absolute Gasteiger partial charge is 0.494 e. The van der Waals surface area contributed by atoms with Gasteiger partial charge in [0.15, 0.2) is 17.3 Å². The molecule has 0 aliphatic carbocycles. The highest BCUT2D eigenvalue weighted by molar-refractivity contribution is 6.31. The van der Waals surface area contributed by atoms with Crippen molar-refractivity contribution >= 4 is 34.7 Å². The van der Waals surface area contributed by atoms with Gasteiger partial charge in [-0.25, -0.2) is 0 Å². The van der Waals surface area contributed by atoms with Crippen LogP contribution in [0.4, 0.5) is 11.4 Å². The highest BCUT2D eigenvalue weighted by Crippen LogP contribution is 2.38. The Morgan fingerprint density at radius 3 is 1.97 bits per heavy atom. The molecule has 0 spiro atoms. The average molecular weight is 436 g/mol. The summed E-state index contributed by atoms with van der Waals surface area (Å²) in [5.74, 6) is 0.292. The van der Waals surface area contributed by atoms with E-state index in [0.29, 0.717) is 22.2 Å². The normalized spacial score (nSPS) is 11.7. The van der Waals surface area contributed by atoms with Gasteiger partial charge < -0.3 is 24.3 Å². The standard InChI is InChI=1S/C20H22ClN3O6/c1-11(25)18(24-23-13-6-7-14(27-2)15(10-13)28-3)20(26)22-19-16(29-4)8-12(21)9-17(19)30-5/h6-10,18H,1-5H3,(H,22,26). The van der Waals surface area contributed by atoms with Crippen molar-refractivity contribution in [1.29, 1.82) is 0 Å². The Kier molecular flexibility index (Phi) is 7.99. The lowest BCUT2D eigenvalue weighted by molar-refractivity contribution is -0.126. The van der Waals surface area contributed by atoms with E-state index in [1.54, 1.807) is 18.2 Å². The van der Waals surface area contributed by atoms with Crippen molar-refractivity contribution in [3.8, 4) is 23.0 Å². The summed E-state index contributed by atoms with van der Waals surface area (Å²) in [6, 6.07) is 6.46. The van der Waals surface area contributed by atoms with Crippen LogP contribution in [0.3, 0.4) is 0 Å². The molecular formula is C20H22ClN3O6. The van der Waals surface area contributed by atoms with Gasteiger partial charge in [0.05, 0.1) is 34.1 Å². The second kappa shape index (κ2) is 10.4. The molecule has 0 saturated heterocycles. The molecule has 2 rings (SSSR count). The first kappa shape index (κ1) is 23.0. The molecule has 0 heterocycles. The Bertz CT molecular complexity index is 939. The van der Waals surface area contributed by atoms with Crippen molar-refractivity contribution in [1.82, 2.24) is 0 Å². The summed E-state index contributed by atoms with van der Waals surface area (Å²) >= 11 is 6.01. The third-order valence-electron chi connectivity index (χ3n) is 4.01. The molecule has 0 aliphatic rings. The smallest absolute Gasteiger partial charge is 0.259 e. The number of methoxy groups -OCH3 is 4. The fraction of sp³-hybridized carbons (Fsp3) is 0.300. The van der Waals surface area contributed by atoms with Gasteiger partial charge in [-0.3, -0.25) is 9.59 Å². The summed E-state index contributed by atoms with van der Waals surface area (Å²) in [4.78, 5) is 24.8. The van der Waals surface area contributed by atoms with E-state index in [4.69, 9.17) is 30.5 Å². The van der Waals surface area contributed by atoms with E-state index < -0.39 is 17.7 Å². The molecule has 1 atom stereocenters. The highest BCUT2D eigenvalue weighted by Gasteiger charge is 2.26. The van der Waals surface area contributed by atoms with Gasteiger partial charge >= 0.3 is 0 Å². The van der Waals surface area contributed by atoms with Crippen LogP contribution in [0.1, 0.15) is 6.92 Å². The summed E-state index contributed by atoms with van der Waals surface area (Å²) in [5, 5.41) is 10.9. The van der Waals surface area contributed by atoms with E-state index >= 15 is 0 Å². The number of benzene rings is 2. The zero-order valence-corrected chi connectivity index (χ0v) is 17.9. The predicted octanol–water partition coefficient (Wildman–Crippen LogP) is 4.05. The first-order chi connectivity index (χ1) is 14.3. The van der Waals surface area contributed by atoms with Crippen LogP contribution in [-0.2, 0) is 9.59 Å². The summed E-state index contributed by atoms with van der Waals surface area (Å²) in [6.45, 7) is 1.24. The second-order valence-corrected chi connectivity index (χ2v) is 6.38. The molecular weight excluding hydrogens is 414 g/mol. The molecule has 0 saturated carbocycles. The number of Topliss-reactive ketones (excluding diaryl/α,β-unsaturated/α-hetero) is 1. The molecule has 0 bridgehead atoms. The molecule has 1 N–H and O–H groups in total. The molecule has 9 nitrogen and oxygen atoms in total. The van der Waals surface area contributed by atoms with Crippen molar-refractivity contribution in [2.24, 2.45) is 10.2 Å². The van der Waals surface area contributed by atoms with Crippen LogP contribution >= 0.6 is 11.6 Å². The number of azo groups is 1. The quantitative estimate of drug-likeness (QED) is 0.470. The maximum absolute atomic E-state index is 12.7. The van der Waals surface area contributed by atoms with Gasteiger partial charge in [-0.15, -0.1) is 0 Å². The van der Waals surface area contributed by atoms with Gasteiger partial charge in [0.1, 0.15) is 17.2 Å². The second-order valence-electron chi connectivity index (χ2n) is 5.94. The molecule has 10 heteroatoms. The first-order valence-corrected chi connectivity index (χ1v) is 9.08. The Labute approximate surface area is 178 Å². The third kappa shape index (κ3) is 5.38. The number of nitrogens with one attached hydrogen (secondary N) is 1. The van der Waals surface area contributed by atoms with E-state index in [9.17, 15) is 9.59 Å². The average Bonchev–Trinajstić information content (AvgIpc) is 2.74. The van der Waals surface area contributed by atoms with Crippen molar-refractivity contribution in [3.05, 3.63) is 35.4 Å². The lowest BCUT2D eigenvalue weighted by Gasteiger charge is -2.16. The minimum absolute atomic E-state index is 0.224. The third-order valence-corrected chi connectivity index (χ3v) is 4.23. The molecule has 2 aromatic carbocycles. The lowest BCUT2D eigenvalue weighted by Crippen LogP contribution is -2.32. The summed E-state index contributed by atoms with van der Waals surface area (Å²) in [5.41, 5.74) is 0.607. The van der Waals surface area contributed by atoms with E-state index in [2.05, 4.69) is 15.5 Å². The van der Waals surface area contributed by atoms with Crippen LogP contribution < -0.4 is 24.3 Å². The van der Waals surface area contributed by atoms with Gasteiger partial charge in [0, 0.05) is 23.2 Å². The molecule has 0 fully saturated rings. The molecule has 0 aliphatic heterocycles. The van der Waals surface area contributed by atoms with Crippen LogP contribution in [0.15, 0.2) is 40.6 Å². The van der Waals surface area contributed by atoms with E-state index in [0.717, 1.165) is 0 Å². The number of amides is 1. The SMILES string of the molecule is COc1ccc(N=NC(C(C)=O)C(=O)Nc2c(OC)cc(Cl)cc2OC)cc1OC. The molecule has 160 valence electrons. The number of anilines is 1. The maximum Gasteiger partial charge on any atom is 0.259 e. The van der Waals surface area contributed by atoms with Crippen molar-refractivity contribution in [3.63, 3.8) is 0 Å². The Balaban J connectivity index is 2.30. The number of ether oxygens (including phenoxy) is 4. The van der Waals surface area contributed by atoms with Gasteiger partial charge in [-0.05, 0) is 19.1 Å². The number of carbonyl (C=O) groups excluding carboxylic acids is 2. The minimum Gasteiger partial charge on any atom is -0.494 e. The molecule has 1 unspecified atom stereocenters. The summed E-state index contributed by atoms with van der Waals surface area (Å²) in [6.07, 6.45) is 0. The van der Waals surface area contributed by atoms with Gasteiger partial charge in [-0.2, -0.15) is 10.2 Å². The van der Waals surface area contributed by atoms with Crippen LogP contribution in [0.25, 0.3) is 0 Å². The zero-order valence-electron chi connectivity index (χ0n) is 17.2. The Hall–Kier alpha value is -3.33. The van der Waals surface area contributed by atoms with E-state index in [-0.39, 0.29) is 17.2 Å². The summed E-state index contributed by atoms with van der Waals surface area (Å²) in [7, 11) is 5.83. The van der Waals surface area contributed by atoms with Crippen molar-refractivity contribution in [2.45, 2.75) is 13.0 Å². The minimum atomic E-state index is -1.39. The van der Waals surface area contributed by atoms with Crippen molar-refractivity contribution < 1.29 is 28.5 Å². The number of carbonyl (C=O) groups is 2. The van der Waals surface area contributed by atoms with Crippen LogP contribution in [0, 0.1) is 0 Å².